The van der Waals surface area contributed by atoms with Gasteiger partial charge in [0.05, 0.1) is 12.7 Å². The molecule has 0 fully saturated rings. The van der Waals surface area contributed by atoms with Crippen LogP contribution in [0.4, 0.5) is 0 Å². The Labute approximate surface area is 128 Å². The van der Waals surface area contributed by atoms with Crippen LogP contribution in [0, 0.1) is 0 Å². The fourth-order valence-corrected chi connectivity index (χ4v) is 1.89. The van der Waals surface area contributed by atoms with Crippen molar-refractivity contribution in [1.29, 1.82) is 0 Å². The van der Waals surface area contributed by atoms with Crippen LogP contribution in [0.1, 0.15) is 52.0 Å². The molecular formula is C16H30N4O. The molecule has 5 heteroatoms. The molecule has 0 aliphatic heterocycles. The number of hydrogen-bond donors (Lipinski definition) is 1. The van der Waals surface area contributed by atoms with E-state index in [-0.39, 0.29) is 5.91 Å². The van der Waals surface area contributed by atoms with E-state index in [4.69, 9.17) is 0 Å². The highest BCUT2D eigenvalue weighted by atomic mass is 16.2. The van der Waals surface area contributed by atoms with Gasteiger partial charge in [-0.2, -0.15) is 5.10 Å². The number of unbranched alkanes of at least 4 members (excludes halogenated alkanes) is 1. The second-order valence-corrected chi connectivity index (χ2v) is 6.26. The molecule has 0 unspecified atom stereocenters. The third-order valence-corrected chi connectivity index (χ3v) is 3.73. The lowest BCUT2D eigenvalue weighted by molar-refractivity contribution is -0.122. The average Bonchev–Trinajstić information content (AvgIpc) is 2.87. The van der Waals surface area contributed by atoms with Gasteiger partial charge in [0.25, 0.3) is 0 Å². The maximum Gasteiger partial charge on any atom is 0.234 e. The molecule has 120 valence electrons. The van der Waals surface area contributed by atoms with Crippen LogP contribution < -0.4 is 5.32 Å². The molecule has 0 bridgehead atoms. The first-order valence-corrected chi connectivity index (χ1v) is 7.89. The predicted octanol–water partition coefficient (Wildman–Crippen LogP) is 2.24. The summed E-state index contributed by atoms with van der Waals surface area (Å²) in [6.45, 7) is 10.6. The molecule has 21 heavy (non-hydrogen) atoms. The Hall–Kier alpha value is -1.36. The van der Waals surface area contributed by atoms with Gasteiger partial charge in [0, 0.05) is 25.3 Å². The van der Waals surface area contributed by atoms with E-state index in [9.17, 15) is 4.79 Å². The summed E-state index contributed by atoms with van der Waals surface area (Å²) in [6, 6.07) is 0.394. The molecule has 0 atom stereocenters. The summed E-state index contributed by atoms with van der Waals surface area (Å²) < 4.78 is 1.99. The Balaban J connectivity index is 2.12. The van der Waals surface area contributed by atoms with Crippen molar-refractivity contribution in [3.63, 3.8) is 0 Å². The summed E-state index contributed by atoms with van der Waals surface area (Å²) in [5.74, 6) is 0.628. The number of aromatic nitrogens is 2. The molecule has 0 aromatic carbocycles. The van der Waals surface area contributed by atoms with Crippen molar-refractivity contribution in [3.05, 3.63) is 18.0 Å². The molecule has 1 amide bonds. The van der Waals surface area contributed by atoms with Gasteiger partial charge < -0.3 is 5.32 Å². The molecule has 1 rings (SSSR count). The van der Waals surface area contributed by atoms with E-state index in [1.165, 1.54) is 5.56 Å². The first kappa shape index (κ1) is 17.7. The fraction of sp³-hybridized carbons (Fsp3) is 0.750. The Morgan fingerprint density at radius 2 is 2.05 bits per heavy atom. The van der Waals surface area contributed by atoms with Gasteiger partial charge in [0.15, 0.2) is 0 Å². The van der Waals surface area contributed by atoms with Crippen LogP contribution in [-0.2, 0) is 11.3 Å². The zero-order valence-corrected chi connectivity index (χ0v) is 14.1. The number of carbonyl (C=O) groups is 1. The van der Waals surface area contributed by atoms with Gasteiger partial charge in [-0.05, 0) is 45.2 Å². The highest BCUT2D eigenvalue weighted by Gasteiger charge is 2.08. The van der Waals surface area contributed by atoms with Crippen molar-refractivity contribution in [2.75, 3.05) is 20.1 Å². The Bertz CT molecular complexity index is 426. The van der Waals surface area contributed by atoms with Crippen LogP contribution in [0.3, 0.4) is 0 Å². The summed E-state index contributed by atoms with van der Waals surface area (Å²) in [5, 5.41) is 7.32. The molecule has 0 saturated heterocycles. The lowest BCUT2D eigenvalue weighted by Crippen LogP contribution is -2.38. The highest BCUT2D eigenvalue weighted by molar-refractivity contribution is 5.77. The molecule has 0 aliphatic carbocycles. The minimum atomic E-state index is 0.104. The number of nitrogens with one attached hydrogen (secondary N) is 1. The number of rotatable bonds is 9. The fourth-order valence-electron chi connectivity index (χ4n) is 1.89. The van der Waals surface area contributed by atoms with Gasteiger partial charge in [0.1, 0.15) is 0 Å². The van der Waals surface area contributed by atoms with E-state index in [2.05, 4.69) is 44.3 Å². The molecule has 1 aromatic heterocycles. The van der Waals surface area contributed by atoms with Crippen LogP contribution in [0.5, 0.6) is 0 Å². The van der Waals surface area contributed by atoms with Gasteiger partial charge in [-0.3, -0.25) is 14.4 Å². The number of nitrogens with zero attached hydrogens (tertiary/aromatic N) is 3. The molecule has 0 spiro atoms. The zero-order valence-electron chi connectivity index (χ0n) is 14.1. The third kappa shape index (κ3) is 6.76. The Kier molecular flexibility index (Phi) is 7.43. The summed E-state index contributed by atoms with van der Waals surface area (Å²) in [6.07, 6.45) is 6.06. The maximum atomic E-state index is 11.7. The first-order valence-electron chi connectivity index (χ1n) is 7.89. The largest absolute Gasteiger partial charge is 0.355 e. The van der Waals surface area contributed by atoms with Gasteiger partial charge in [-0.1, -0.05) is 13.8 Å². The van der Waals surface area contributed by atoms with Crippen molar-refractivity contribution in [1.82, 2.24) is 20.0 Å². The molecule has 0 aliphatic rings. The smallest absolute Gasteiger partial charge is 0.234 e. The number of carbonyl (C=O) groups excluding carboxylic acids is 1. The number of amides is 1. The van der Waals surface area contributed by atoms with E-state index in [1.807, 2.05) is 22.8 Å². The van der Waals surface area contributed by atoms with Gasteiger partial charge in [0.2, 0.25) is 5.91 Å². The Morgan fingerprint density at radius 1 is 1.33 bits per heavy atom. The minimum absolute atomic E-state index is 0.104. The number of hydrogen-bond acceptors (Lipinski definition) is 3. The van der Waals surface area contributed by atoms with Crippen LogP contribution in [0.15, 0.2) is 12.4 Å². The quantitative estimate of drug-likeness (QED) is 0.711. The number of likely N-dealkylation sites (N-methyl/N-ethyl adjacent to an activating group) is 1. The molecule has 0 radical (unpaired) electrons. The summed E-state index contributed by atoms with van der Waals surface area (Å²) in [4.78, 5) is 13.7. The second kappa shape index (κ2) is 8.82. The maximum absolute atomic E-state index is 11.7. The molecule has 0 saturated carbocycles. The number of aryl methyl sites for hydroxylation is 1. The highest BCUT2D eigenvalue weighted by Crippen LogP contribution is 2.12. The lowest BCUT2D eigenvalue weighted by atomic mass is 10.1. The minimum Gasteiger partial charge on any atom is -0.355 e. The van der Waals surface area contributed by atoms with E-state index < -0.39 is 0 Å². The van der Waals surface area contributed by atoms with Crippen molar-refractivity contribution >= 4 is 5.91 Å². The first-order chi connectivity index (χ1) is 9.90. The van der Waals surface area contributed by atoms with Crippen LogP contribution in [0.25, 0.3) is 0 Å². The van der Waals surface area contributed by atoms with Gasteiger partial charge in [-0.15, -0.1) is 0 Å². The van der Waals surface area contributed by atoms with Crippen LogP contribution in [0.2, 0.25) is 0 Å². The van der Waals surface area contributed by atoms with Crippen LogP contribution in [-0.4, -0.2) is 46.8 Å². The monoisotopic (exact) mass is 294 g/mol. The van der Waals surface area contributed by atoms with Crippen molar-refractivity contribution < 1.29 is 4.79 Å². The molecule has 1 N–H and O–H groups in total. The Morgan fingerprint density at radius 3 is 2.62 bits per heavy atom. The third-order valence-electron chi connectivity index (χ3n) is 3.73. The molecular weight excluding hydrogens is 264 g/mol. The zero-order chi connectivity index (χ0) is 15.8. The normalized spacial score (nSPS) is 11.6. The second-order valence-electron chi connectivity index (χ2n) is 6.26. The van der Waals surface area contributed by atoms with E-state index >= 15 is 0 Å². The summed E-state index contributed by atoms with van der Waals surface area (Å²) >= 11 is 0. The predicted molar refractivity (Wildman–Crippen MR) is 86.3 cm³/mol. The van der Waals surface area contributed by atoms with Crippen molar-refractivity contribution in [2.24, 2.45) is 0 Å². The van der Waals surface area contributed by atoms with Crippen LogP contribution >= 0.6 is 0 Å². The standard InChI is InChI=1S/C16H30N4O/c1-13(2)15-10-18-20(11-15)9-7-6-8-17-16(21)12-19(5)14(3)4/h10-11,13-14H,6-9,12H2,1-5H3,(H,17,21). The van der Waals surface area contributed by atoms with Gasteiger partial charge in [-0.25, -0.2) is 0 Å². The van der Waals surface area contributed by atoms with E-state index in [0.717, 1.165) is 25.9 Å². The van der Waals surface area contributed by atoms with E-state index in [1.54, 1.807) is 0 Å². The molecule has 1 heterocycles. The average molecular weight is 294 g/mol. The van der Waals surface area contributed by atoms with Gasteiger partial charge >= 0.3 is 0 Å². The van der Waals surface area contributed by atoms with Crippen molar-refractivity contribution in [3.8, 4) is 0 Å². The molecule has 5 nitrogen and oxygen atoms in total. The topological polar surface area (TPSA) is 50.2 Å². The lowest BCUT2D eigenvalue weighted by Gasteiger charge is -2.20. The summed E-state index contributed by atoms with van der Waals surface area (Å²) in [7, 11) is 1.97. The van der Waals surface area contributed by atoms with Crippen molar-refractivity contribution in [2.45, 2.75) is 59.0 Å². The SMILES string of the molecule is CC(C)c1cnn(CCCCNC(=O)CN(C)C(C)C)c1. The van der Waals surface area contributed by atoms with E-state index in [0.29, 0.717) is 18.5 Å². The summed E-state index contributed by atoms with van der Waals surface area (Å²) in [5.41, 5.74) is 1.28. The molecule has 1 aromatic rings.